The molecule has 0 atom stereocenters. The van der Waals surface area contributed by atoms with Crippen LogP contribution in [0.1, 0.15) is 19.4 Å². The first kappa shape index (κ1) is 16.7. The molecule has 0 saturated carbocycles. The third-order valence-electron chi connectivity index (χ3n) is 2.74. The monoisotopic (exact) mass is 358 g/mol. The first-order valence-corrected chi connectivity index (χ1v) is 4.92. The van der Waals surface area contributed by atoms with E-state index in [2.05, 4.69) is 0 Å². The van der Waals surface area contributed by atoms with E-state index in [1.54, 1.807) is 18.2 Å². The fraction of sp³-hybridized carbons (Fsp3) is 0.333. The van der Waals surface area contributed by atoms with E-state index in [1.165, 1.54) is 26.0 Å². The number of benzene rings is 1. The van der Waals surface area contributed by atoms with E-state index in [-0.39, 0.29) is 54.4 Å². The molecule has 0 unspecified atom stereocenters. The van der Waals surface area contributed by atoms with E-state index in [1.807, 2.05) is 0 Å². The molecule has 0 heterocycles. The van der Waals surface area contributed by atoms with Crippen molar-refractivity contribution in [3.8, 4) is 0 Å². The summed E-state index contributed by atoms with van der Waals surface area (Å²) >= 11 is 0. The molecule has 0 aromatic heterocycles. The van der Waals surface area contributed by atoms with Gasteiger partial charge in [-0.1, -0.05) is 44.2 Å². The summed E-state index contributed by atoms with van der Waals surface area (Å²) in [6.45, 7) is 3.02. The summed E-state index contributed by atoms with van der Waals surface area (Å²) in [6, 6.07) is 7.74. The number of hydrogen-bond acceptors (Lipinski definition) is 4. The Hall–Kier alpha value is -0.269. The minimum absolute atomic E-state index is 0. The van der Waals surface area contributed by atoms with Crippen LogP contribution < -0.4 is 10.2 Å². The van der Waals surface area contributed by atoms with E-state index in [9.17, 15) is 19.8 Å². The van der Waals surface area contributed by atoms with Crippen LogP contribution in [0.2, 0.25) is 0 Å². The molecule has 0 aliphatic carbocycles. The molecule has 5 heteroatoms. The standard InChI is InChI=1S/C12H14O4.Ba/c1-8(2)12(10(13)14,11(15)16)9-6-4-3-5-7-9;/h3-8H,1-2H3,(H,13,14)(H,15,16);/q;+2/p-2. The maximum absolute atomic E-state index is 11.2. The van der Waals surface area contributed by atoms with Crippen LogP contribution in [0.3, 0.4) is 0 Å². The quantitative estimate of drug-likeness (QED) is 0.495. The van der Waals surface area contributed by atoms with Crippen molar-refractivity contribution in [2.24, 2.45) is 5.92 Å². The molecule has 1 aromatic rings. The number of carboxylic acids is 2. The molecule has 0 fully saturated rings. The molecule has 86 valence electrons. The molecule has 1 aromatic carbocycles. The Morgan fingerprint density at radius 2 is 1.47 bits per heavy atom. The number of hydrogen-bond donors (Lipinski definition) is 0. The van der Waals surface area contributed by atoms with Gasteiger partial charge in [0.25, 0.3) is 0 Å². The summed E-state index contributed by atoms with van der Waals surface area (Å²) < 4.78 is 0. The van der Waals surface area contributed by atoms with Crippen molar-refractivity contribution in [2.75, 3.05) is 0 Å². The van der Waals surface area contributed by atoms with Crippen molar-refractivity contribution in [3.05, 3.63) is 35.9 Å². The van der Waals surface area contributed by atoms with E-state index in [4.69, 9.17) is 0 Å². The maximum Gasteiger partial charge on any atom is 2.00 e. The number of carbonyl (C=O) groups excluding carboxylic acids is 2. The molecule has 0 amide bonds. The molecule has 0 spiro atoms. The van der Waals surface area contributed by atoms with Crippen LogP contribution in [0.4, 0.5) is 0 Å². The van der Waals surface area contributed by atoms with Gasteiger partial charge in [0, 0.05) is 0 Å². The minimum atomic E-state index is -2.10. The zero-order valence-corrected chi connectivity index (χ0v) is 14.2. The third-order valence-corrected chi connectivity index (χ3v) is 2.74. The third kappa shape index (κ3) is 2.95. The van der Waals surface area contributed by atoms with Crippen LogP contribution >= 0.6 is 0 Å². The molecule has 1 rings (SSSR count). The topological polar surface area (TPSA) is 80.3 Å². The zero-order valence-electron chi connectivity index (χ0n) is 9.80. The fourth-order valence-corrected chi connectivity index (χ4v) is 1.82. The number of rotatable bonds is 4. The molecule has 0 aliphatic rings. The average molecular weight is 358 g/mol. The van der Waals surface area contributed by atoms with Gasteiger partial charge in [0.1, 0.15) is 0 Å². The Bertz CT molecular complexity index is 386. The molecule has 17 heavy (non-hydrogen) atoms. The fourth-order valence-electron chi connectivity index (χ4n) is 1.82. The average Bonchev–Trinajstić information content (AvgIpc) is 2.18. The van der Waals surface area contributed by atoms with Gasteiger partial charge < -0.3 is 19.8 Å². The zero-order chi connectivity index (χ0) is 12.3. The predicted octanol–water partition coefficient (Wildman–Crippen LogP) is -1.30. The Morgan fingerprint density at radius 1 is 1.06 bits per heavy atom. The van der Waals surface area contributed by atoms with Gasteiger partial charge >= 0.3 is 48.9 Å². The summed E-state index contributed by atoms with van der Waals surface area (Å²) in [7, 11) is 0. The van der Waals surface area contributed by atoms with E-state index in [0.29, 0.717) is 0 Å². The number of carboxylic acid groups (broad SMARTS) is 2. The van der Waals surface area contributed by atoms with Crippen LogP contribution in [-0.4, -0.2) is 60.8 Å². The number of carbonyl (C=O) groups is 2. The van der Waals surface area contributed by atoms with Crippen molar-refractivity contribution >= 4 is 60.8 Å². The maximum atomic E-state index is 11.2. The molecular weight excluding hydrogens is 345 g/mol. The van der Waals surface area contributed by atoms with Crippen LogP contribution in [-0.2, 0) is 15.0 Å². The van der Waals surface area contributed by atoms with E-state index < -0.39 is 23.3 Å². The molecule has 0 bridgehead atoms. The van der Waals surface area contributed by atoms with Gasteiger partial charge in [0.2, 0.25) is 0 Å². The van der Waals surface area contributed by atoms with Crippen LogP contribution in [0, 0.1) is 5.92 Å². The van der Waals surface area contributed by atoms with Gasteiger partial charge in [-0.05, 0) is 11.5 Å². The van der Waals surface area contributed by atoms with Crippen molar-refractivity contribution < 1.29 is 19.8 Å². The van der Waals surface area contributed by atoms with Crippen molar-refractivity contribution in [1.29, 1.82) is 0 Å². The second-order valence-corrected chi connectivity index (χ2v) is 3.90. The largest absolute Gasteiger partial charge is 2.00 e. The summed E-state index contributed by atoms with van der Waals surface area (Å²) in [6.07, 6.45) is 0. The summed E-state index contributed by atoms with van der Waals surface area (Å²) in [5.41, 5.74) is -1.92. The predicted molar refractivity (Wildman–Crippen MR) is 58.7 cm³/mol. The second-order valence-electron chi connectivity index (χ2n) is 3.90. The summed E-state index contributed by atoms with van der Waals surface area (Å²) in [5, 5.41) is 22.3. The minimum Gasteiger partial charge on any atom is -0.549 e. The van der Waals surface area contributed by atoms with Crippen molar-refractivity contribution in [2.45, 2.75) is 19.3 Å². The normalized spacial score (nSPS) is 10.8. The van der Waals surface area contributed by atoms with E-state index >= 15 is 0 Å². The van der Waals surface area contributed by atoms with Gasteiger partial charge in [0.15, 0.2) is 0 Å². The molecule has 4 nitrogen and oxygen atoms in total. The first-order valence-electron chi connectivity index (χ1n) is 4.92. The van der Waals surface area contributed by atoms with Gasteiger partial charge in [-0.3, -0.25) is 0 Å². The SMILES string of the molecule is CC(C)C(C(=O)[O-])(C(=O)[O-])c1ccccc1.[Ba+2]. The Morgan fingerprint density at radius 3 is 1.76 bits per heavy atom. The molecular formula is C12H12BaO4. The van der Waals surface area contributed by atoms with Gasteiger partial charge in [-0.2, -0.15) is 0 Å². The Kier molecular flexibility index (Phi) is 6.50. The van der Waals surface area contributed by atoms with Crippen LogP contribution in [0.5, 0.6) is 0 Å². The smallest absolute Gasteiger partial charge is 0.549 e. The second kappa shape index (κ2) is 6.61. The van der Waals surface area contributed by atoms with Crippen molar-refractivity contribution in [1.82, 2.24) is 0 Å². The van der Waals surface area contributed by atoms with Crippen LogP contribution in [0.15, 0.2) is 30.3 Å². The first-order chi connectivity index (χ1) is 7.44. The summed E-state index contributed by atoms with van der Waals surface area (Å²) in [4.78, 5) is 22.3. The molecule has 0 N–H and O–H groups in total. The Balaban J connectivity index is 0.00000256. The summed E-state index contributed by atoms with van der Waals surface area (Å²) in [5.74, 6) is -3.95. The molecule has 0 aliphatic heterocycles. The number of aliphatic carboxylic acids is 2. The van der Waals surface area contributed by atoms with Gasteiger partial charge in [-0.15, -0.1) is 0 Å². The van der Waals surface area contributed by atoms with Crippen molar-refractivity contribution in [3.63, 3.8) is 0 Å². The van der Waals surface area contributed by atoms with Gasteiger partial charge in [-0.25, -0.2) is 0 Å². The Labute approximate surface area is 140 Å². The van der Waals surface area contributed by atoms with Crippen LogP contribution in [0.25, 0.3) is 0 Å². The van der Waals surface area contributed by atoms with E-state index in [0.717, 1.165) is 0 Å². The van der Waals surface area contributed by atoms with Gasteiger partial charge in [0.05, 0.1) is 17.4 Å². The molecule has 0 radical (unpaired) electrons. The molecule has 0 saturated heterocycles.